The number of rotatable bonds is 5. The zero-order valence-corrected chi connectivity index (χ0v) is 17.4. The number of aromatic amines is 2. The van der Waals surface area contributed by atoms with Crippen LogP contribution in [-0.2, 0) is 11.3 Å². The molecule has 0 saturated carbocycles. The predicted octanol–water partition coefficient (Wildman–Crippen LogP) is 3.02. The van der Waals surface area contributed by atoms with E-state index in [-0.39, 0.29) is 5.69 Å². The Morgan fingerprint density at radius 1 is 1.18 bits per heavy atom. The summed E-state index contributed by atoms with van der Waals surface area (Å²) in [6, 6.07) is 7.26. The fraction of sp³-hybridized carbons (Fsp3) is 0.227. The molecule has 3 heterocycles. The number of carbonyl (C=O) groups excluding carboxylic acids is 1. The number of fused-ring (bicyclic) bond motifs is 1. The van der Waals surface area contributed by atoms with Crippen molar-refractivity contribution in [2.24, 2.45) is 0 Å². The topological polar surface area (TPSA) is 119 Å². The van der Waals surface area contributed by atoms with Crippen LogP contribution in [-0.4, -0.2) is 62.4 Å². The van der Waals surface area contributed by atoms with Gasteiger partial charge in [0.15, 0.2) is 5.82 Å². The number of ether oxygens (including phenoxy) is 1. The molecule has 4 N–H and O–H groups in total. The van der Waals surface area contributed by atoms with Crippen LogP contribution in [0.5, 0.6) is 5.75 Å². The number of nitrogens with zero attached hydrogens (tertiary/aromatic N) is 3. The van der Waals surface area contributed by atoms with E-state index in [9.17, 15) is 18.7 Å². The SMILES string of the molecule is O=C(Nc1cn[nH]c1-c1nc2ccc(CN3CCOCC3)cc2[nH]1)c1c(F)cc(O)cc1F. The highest BCUT2D eigenvalue weighted by Crippen LogP contribution is 2.27. The van der Waals surface area contributed by atoms with Crippen molar-refractivity contribution in [2.75, 3.05) is 31.6 Å². The fourth-order valence-electron chi connectivity index (χ4n) is 3.81. The van der Waals surface area contributed by atoms with Gasteiger partial charge in [0, 0.05) is 31.8 Å². The third-order valence-electron chi connectivity index (χ3n) is 5.43. The summed E-state index contributed by atoms with van der Waals surface area (Å²) < 4.78 is 33.5. The summed E-state index contributed by atoms with van der Waals surface area (Å²) in [5.41, 5.74) is 2.39. The highest BCUT2D eigenvalue weighted by atomic mass is 19.1. The van der Waals surface area contributed by atoms with Crippen LogP contribution in [0.3, 0.4) is 0 Å². The summed E-state index contributed by atoms with van der Waals surface area (Å²) in [5.74, 6) is -3.57. The minimum absolute atomic E-state index is 0.194. The molecule has 1 aliphatic heterocycles. The van der Waals surface area contributed by atoms with Crippen molar-refractivity contribution in [2.45, 2.75) is 6.54 Å². The summed E-state index contributed by atoms with van der Waals surface area (Å²) in [6.07, 6.45) is 1.32. The van der Waals surface area contributed by atoms with Crippen molar-refractivity contribution in [3.05, 3.63) is 59.3 Å². The third kappa shape index (κ3) is 4.28. The van der Waals surface area contributed by atoms with Crippen molar-refractivity contribution in [1.82, 2.24) is 25.1 Å². The van der Waals surface area contributed by atoms with Gasteiger partial charge >= 0.3 is 0 Å². The van der Waals surface area contributed by atoms with Crippen molar-refractivity contribution in [3.8, 4) is 17.3 Å². The number of hydrogen-bond donors (Lipinski definition) is 4. The van der Waals surface area contributed by atoms with Gasteiger partial charge in [0.25, 0.3) is 5.91 Å². The van der Waals surface area contributed by atoms with E-state index in [1.807, 2.05) is 18.2 Å². The molecule has 2 aromatic heterocycles. The molecule has 1 aliphatic rings. The number of phenols is 1. The van der Waals surface area contributed by atoms with E-state index < -0.39 is 28.9 Å². The predicted molar refractivity (Wildman–Crippen MR) is 116 cm³/mol. The average molecular weight is 454 g/mol. The second-order valence-electron chi connectivity index (χ2n) is 7.72. The number of imidazole rings is 1. The molecule has 1 amide bonds. The van der Waals surface area contributed by atoms with Crippen LogP contribution >= 0.6 is 0 Å². The van der Waals surface area contributed by atoms with Gasteiger partial charge < -0.3 is 20.1 Å². The van der Waals surface area contributed by atoms with Gasteiger partial charge in [0.2, 0.25) is 0 Å². The van der Waals surface area contributed by atoms with E-state index in [0.29, 0.717) is 23.7 Å². The second kappa shape index (κ2) is 8.60. The Bertz CT molecular complexity index is 1310. The molecule has 0 spiro atoms. The monoisotopic (exact) mass is 454 g/mol. The maximum Gasteiger partial charge on any atom is 0.261 e. The lowest BCUT2D eigenvalue weighted by Crippen LogP contribution is -2.35. The first kappa shape index (κ1) is 21.0. The number of halogens is 2. The number of nitrogens with one attached hydrogen (secondary N) is 3. The first-order valence-corrected chi connectivity index (χ1v) is 10.3. The van der Waals surface area contributed by atoms with E-state index in [2.05, 4.69) is 30.4 Å². The molecule has 0 bridgehead atoms. The molecular weight excluding hydrogens is 434 g/mol. The number of amides is 1. The normalized spacial score (nSPS) is 14.6. The molecule has 2 aromatic carbocycles. The Morgan fingerprint density at radius 2 is 1.94 bits per heavy atom. The van der Waals surface area contributed by atoms with Gasteiger partial charge in [-0.3, -0.25) is 14.8 Å². The van der Waals surface area contributed by atoms with Gasteiger partial charge in [-0.2, -0.15) is 5.10 Å². The molecule has 9 nitrogen and oxygen atoms in total. The minimum atomic E-state index is -1.17. The van der Waals surface area contributed by atoms with Crippen LogP contribution in [0.15, 0.2) is 36.5 Å². The van der Waals surface area contributed by atoms with Crippen molar-refractivity contribution < 1.29 is 23.4 Å². The van der Waals surface area contributed by atoms with Gasteiger partial charge in [-0.25, -0.2) is 13.8 Å². The van der Waals surface area contributed by atoms with Crippen LogP contribution in [0.25, 0.3) is 22.6 Å². The van der Waals surface area contributed by atoms with Crippen molar-refractivity contribution in [3.63, 3.8) is 0 Å². The number of morpholine rings is 1. The summed E-state index contributed by atoms with van der Waals surface area (Å²) in [6.45, 7) is 4.01. The summed E-state index contributed by atoms with van der Waals surface area (Å²) in [7, 11) is 0. The molecular formula is C22H20F2N6O3. The maximum absolute atomic E-state index is 14.0. The zero-order chi connectivity index (χ0) is 22.9. The lowest BCUT2D eigenvalue weighted by Gasteiger charge is -2.26. The van der Waals surface area contributed by atoms with Crippen molar-refractivity contribution >= 4 is 22.6 Å². The molecule has 1 fully saturated rings. The number of carbonyl (C=O) groups is 1. The lowest BCUT2D eigenvalue weighted by molar-refractivity contribution is 0.0342. The molecule has 170 valence electrons. The van der Waals surface area contributed by atoms with Gasteiger partial charge in [-0.15, -0.1) is 0 Å². The van der Waals surface area contributed by atoms with Gasteiger partial charge in [-0.1, -0.05) is 6.07 Å². The van der Waals surface area contributed by atoms with Crippen LogP contribution < -0.4 is 5.32 Å². The van der Waals surface area contributed by atoms with Gasteiger partial charge in [0.1, 0.15) is 28.6 Å². The van der Waals surface area contributed by atoms with E-state index in [1.54, 1.807) is 0 Å². The van der Waals surface area contributed by atoms with Crippen LogP contribution in [0.4, 0.5) is 14.5 Å². The molecule has 0 unspecified atom stereocenters. The van der Waals surface area contributed by atoms with Crippen LogP contribution in [0.1, 0.15) is 15.9 Å². The number of H-pyrrole nitrogens is 2. The Kier molecular flexibility index (Phi) is 5.48. The first-order chi connectivity index (χ1) is 16.0. The number of hydrogen-bond acceptors (Lipinski definition) is 6. The fourth-order valence-corrected chi connectivity index (χ4v) is 3.81. The molecule has 0 radical (unpaired) electrons. The largest absolute Gasteiger partial charge is 0.508 e. The Hall–Kier alpha value is -3.83. The number of benzene rings is 2. The maximum atomic E-state index is 14.0. The standard InChI is InChI=1S/C22H20F2N6O3/c23-14-8-13(31)9-15(24)19(14)22(32)28-18-10-25-29-20(18)21-26-16-2-1-12(7-17(16)27-21)11-30-3-5-33-6-4-30/h1-2,7-10,31H,3-6,11H2,(H,25,29)(H,26,27)(H,28,32). The van der Waals surface area contributed by atoms with Crippen LogP contribution in [0.2, 0.25) is 0 Å². The summed E-state index contributed by atoms with van der Waals surface area (Å²) in [4.78, 5) is 22.5. The summed E-state index contributed by atoms with van der Waals surface area (Å²) >= 11 is 0. The highest BCUT2D eigenvalue weighted by Gasteiger charge is 2.22. The second-order valence-corrected chi connectivity index (χ2v) is 7.72. The smallest absolute Gasteiger partial charge is 0.261 e. The third-order valence-corrected chi connectivity index (χ3v) is 5.43. The van der Waals surface area contributed by atoms with Crippen molar-refractivity contribution in [1.29, 1.82) is 0 Å². The van der Waals surface area contributed by atoms with E-state index in [0.717, 1.165) is 49.4 Å². The Balaban J connectivity index is 1.39. The number of anilines is 1. The number of aromatic nitrogens is 4. The molecule has 1 saturated heterocycles. The minimum Gasteiger partial charge on any atom is -0.508 e. The van der Waals surface area contributed by atoms with E-state index in [4.69, 9.17) is 4.74 Å². The quantitative estimate of drug-likeness (QED) is 0.368. The molecule has 33 heavy (non-hydrogen) atoms. The molecule has 5 rings (SSSR count). The van der Waals surface area contributed by atoms with Gasteiger partial charge in [-0.05, 0) is 17.7 Å². The Labute approximate surface area is 186 Å². The number of aromatic hydroxyl groups is 1. The van der Waals surface area contributed by atoms with Crippen LogP contribution in [0, 0.1) is 11.6 Å². The van der Waals surface area contributed by atoms with Gasteiger partial charge in [0.05, 0.1) is 36.1 Å². The van der Waals surface area contributed by atoms with E-state index >= 15 is 0 Å². The first-order valence-electron chi connectivity index (χ1n) is 10.3. The molecule has 0 atom stereocenters. The highest BCUT2D eigenvalue weighted by molar-refractivity contribution is 6.06. The zero-order valence-electron chi connectivity index (χ0n) is 17.4. The molecule has 4 aromatic rings. The average Bonchev–Trinajstić information content (AvgIpc) is 3.40. The molecule has 0 aliphatic carbocycles. The number of phenolic OH excluding ortho intramolecular Hbond substituents is 1. The Morgan fingerprint density at radius 3 is 2.70 bits per heavy atom. The lowest BCUT2D eigenvalue weighted by atomic mass is 10.1. The summed E-state index contributed by atoms with van der Waals surface area (Å²) in [5, 5.41) is 18.4. The van der Waals surface area contributed by atoms with E-state index in [1.165, 1.54) is 6.20 Å². The molecule has 11 heteroatoms.